The molecule has 0 radical (unpaired) electrons. The van der Waals surface area contributed by atoms with Gasteiger partial charge in [-0.2, -0.15) is 0 Å². The van der Waals surface area contributed by atoms with E-state index in [0.29, 0.717) is 26.4 Å². The van der Waals surface area contributed by atoms with Gasteiger partial charge in [-0.1, -0.05) is 95.1 Å². The Balaban J connectivity index is 1.07. The summed E-state index contributed by atoms with van der Waals surface area (Å²) in [5.41, 5.74) is 23.0. The van der Waals surface area contributed by atoms with Crippen LogP contribution in [0.3, 0.4) is 0 Å². The molecule has 2 aliphatic rings. The second-order valence-electron chi connectivity index (χ2n) is 17.4. The average molecular weight is 777 g/mol. The van der Waals surface area contributed by atoms with Gasteiger partial charge in [-0.3, -0.25) is 0 Å². The van der Waals surface area contributed by atoms with E-state index in [0.717, 1.165) is 13.1 Å². The number of hydrogen-bond acceptors (Lipinski definition) is 4. The van der Waals surface area contributed by atoms with E-state index in [-0.39, 0.29) is 12.1 Å². The minimum Gasteiger partial charge on any atom is -0.372 e. The van der Waals surface area contributed by atoms with Crippen LogP contribution in [0.5, 0.6) is 0 Å². The molecule has 2 unspecified atom stereocenters. The summed E-state index contributed by atoms with van der Waals surface area (Å²) in [5.74, 6) is 0. The van der Waals surface area contributed by atoms with Crippen LogP contribution in [0.25, 0.3) is 0 Å². The molecule has 0 N–H and O–H groups in total. The summed E-state index contributed by atoms with van der Waals surface area (Å²) in [6.45, 7) is 30.6. The summed E-state index contributed by atoms with van der Waals surface area (Å²) in [7, 11) is 0. The van der Waals surface area contributed by atoms with Gasteiger partial charge in [0.1, 0.15) is 35.8 Å². The van der Waals surface area contributed by atoms with Crippen molar-refractivity contribution in [3.05, 3.63) is 151 Å². The predicted molar refractivity (Wildman–Crippen MR) is 243 cm³/mol. The van der Waals surface area contributed by atoms with Crippen molar-refractivity contribution in [1.82, 2.24) is 0 Å². The van der Waals surface area contributed by atoms with E-state index in [1.54, 1.807) is 0 Å². The van der Waals surface area contributed by atoms with Crippen molar-refractivity contribution < 1.29 is 18.6 Å². The molecule has 302 valence electrons. The molecule has 0 aliphatic carbocycles. The van der Waals surface area contributed by atoms with Gasteiger partial charge < -0.3 is 9.47 Å². The first-order valence-electron chi connectivity index (χ1n) is 21.0. The smallest absolute Gasteiger partial charge is 0.245 e. The van der Waals surface area contributed by atoms with Crippen molar-refractivity contribution in [2.45, 2.75) is 108 Å². The van der Waals surface area contributed by atoms with E-state index in [9.17, 15) is 0 Å². The predicted octanol–water partition coefficient (Wildman–Crippen LogP) is 10.9. The SMILES string of the molecule is Cc1cc(C)c(N2C=[N+](c3c(C)cc(C)cc3C)CC2COCc2ccccc2COCC2C[N+](c3c(C)cc(C)cc3C)=CN2c2c(C)cc(C)cc2C)c(C)c1. The molecule has 6 heteroatoms. The highest BCUT2D eigenvalue weighted by molar-refractivity contribution is 5.84. The van der Waals surface area contributed by atoms with Crippen molar-refractivity contribution in [2.75, 3.05) is 36.1 Å². The summed E-state index contributed by atoms with van der Waals surface area (Å²) in [4.78, 5) is 4.92. The highest BCUT2D eigenvalue weighted by Gasteiger charge is 2.38. The lowest BCUT2D eigenvalue weighted by atomic mass is 10.0. The molecule has 0 aromatic heterocycles. The Kier molecular flexibility index (Phi) is 12.1. The fourth-order valence-corrected chi connectivity index (χ4v) is 10.1. The van der Waals surface area contributed by atoms with E-state index in [2.05, 4.69) is 188 Å². The number of hydrogen-bond donors (Lipinski definition) is 0. The number of aryl methyl sites for hydroxylation is 12. The van der Waals surface area contributed by atoms with E-state index >= 15 is 0 Å². The Morgan fingerprint density at radius 3 is 1.05 bits per heavy atom. The van der Waals surface area contributed by atoms with Crippen molar-refractivity contribution in [2.24, 2.45) is 0 Å². The number of benzene rings is 5. The molecule has 58 heavy (non-hydrogen) atoms. The molecule has 5 aromatic rings. The largest absolute Gasteiger partial charge is 0.372 e. The van der Waals surface area contributed by atoms with Crippen LogP contribution in [0.1, 0.15) is 77.9 Å². The zero-order chi connectivity index (χ0) is 41.4. The normalized spacial score (nSPS) is 16.7. The monoisotopic (exact) mass is 777 g/mol. The molecule has 0 fully saturated rings. The second kappa shape index (κ2) is 17.1. The summed E-state index contributed by atoms with van der Waals surface area (Å²) in [6, 6.07) is 27.3. The number of nitrogens with zero attached hydrogens (tertiary/aromatic N) is 4. The highest BCUT2D eigenvalue weighted by Crippen LogP contribution is 2.35. The molecule has 2 aliphatic heterocycles. The maximum absolute atomic E-state index is 6.68. The fourth-order valence-electron chi connectivity index (χ4n) is 10.1. The molecule has 5 aromatic carbocycles. The fraction of sp³-hybridized carbons (Fsp3) is 0.385. The highest BCUT2D eigenvalue weighted by atomic mass is 16.5. The molecular formula is C52H64N4O2+2. The number of anilines is 2. The molecule has 6 nitrogen and oxygen atoms in total. The van der Waals surface area contributed by atoms with Gasteiger partial charge in [0, 0.05) is 0 Å². The lowest BCUT2D eigenvalue weighted by molar-refractivity contribution is -0.430. The van der Waals surface area contributed by atoms with Crippen LogP contribution in [0, 0.1) is 83.1 Å². The van der Waals surface area contributed by atoms with E-state index in [1.165, 1.54) is 101 Å². The number of rotatable bonds is 12. The van der Waals surface area contributed by atoms with Gasteiger partial charge in [0.25, 0.3) is 0 Å². The summed E-state index contributed by atoms with van der Waals surface area (Å²) in [6.07, 6.45) is 4.63. The third-order valence-corrected chi connectivity index (χ3v) is 12.0. The zero-order valence-electron chi connectivity index (χ0n) is 37.1. The Bertz CT molecular complexity index is 2160. The van der Waals surface area contributed by atoms with E-state index in [4.69, 9.17) is 9.47 Å². The third kappa shape index (κ3) is 8.55. The molecule has 7 rings (SSSR count). The standard InChI is InChI=1S/C52H64N4O2/c1-33-17-37(5)49(38(6)18-33)53-25-47(55(31-53)51-41(9)21-35(3)22-42(51)10)29-57-27-45-15-13-14-16-46(45)28-58-30-48-26-54(50-39(7)19-34(2)20-40(50)8)32-56(48)52-43(11)23-36(4)24-44(52)12/h13-24,31-32,47-48H,25-30H2,1-12H3/q+2. The van der Waals surface area contributed by atoms with Gasteiger partial charge in [0.15, 0.2) is 12.1 Å². The van der Waals surface area contributed by atoms with Gasteiger partial charge in [-0.15, -0.1) is 0 Å². The van der Waals surface area contributed by atoms with Gasteiger partial charge in [-0.25, -0.2) is 19.0 Å². The minimum atomic E-state index is 0.158. The molecular weight excluding hydrogens is 713 g/mol. The second-order valence-corrected chi connectivity index (χ2v) is 17.4. The van der Waals surface area contributed by atoms with Gasteiger partial charge in [0.05, 0.1) is 26.4 Å². The first-order chi connectivity index (χ1) is 27.7. The summed E-state index contributed by atoms with van der Waals surface area (Å²) >= 11 is 0. The van der Waals surface area contributed by atoms with Gasteiger partial charge >= 0.3 is 0 Å². The summed E-state index contributed by atoms with van der Waals surface area (Å²) < 4.78 is 18.2. The van der Waals surface area contributed by atoms with Crippen molar-refractivity contribution >= 4 is 35.4 Å². The molecule has 0 saturated heterocycles. The number of ether oxygens (including phenoxy) is 2. The molecule has 2 heterocycles. The first-order valence-corrected chi connectivity index (χ1v) is 21.0. The molecule has 0 saturated carbocycles. The van der Waals surface area contributed by atoms with Crippen LogP contribution in [0.15, 0.2) is 72.8 Å². The van der Waals surface area contributed by atoms with E-state index in [1.807, 2.05) is 0 Å². The van der Waals surface area contributed by atoms with Gasteiger partial charge in [0.2, 0.25) is 12.7 Å². The topological polar surface area (TPSA) is 31.0 Å². The summed E-state index contributed by atoms with van der Waals surface area (Å²) in [5, 5.41) is 0. The van der Waals surface area contributed by atoms with Crippen LogP contribution in [0.2, 0.25) is 0 Å². The van der Waals surface area contributed by atoms with Crippen molar-refractivity contribution in [3.8, 4) is 0 Å². The maximum atomic E-state index is 6.68. The lowest BCUT2D eigenvalue weighted by Gasteiger charge is -2.22. The van der Waals surface area contributed by atoms with Crippen molar-refractivity contribution in [1.29, 1.82) is 0 Å². The average Bonchev–Trinajstić information content (AvgIpc) is 3.71. The third-order valence-electron chi connectivity index (χ3n) is 12.0. The Hall–Kier alpha value is -5.04. The van der Waals surface area contributed by atoms with Crippen molar-refractivity contribution in [3.63, 3.8) is 0 Å². The van der Waals surface area contributed by atoms with Crippen LogP contribution in [0.4, 0.5) is 22.7 Å². The van der Waals surface area contributed by atoms with Crippen LogP contribution in [-0.2, 0) is 22.7 Å². The molecule has 0 amide bonds. The van der Waals surface area contributed by atoms with Crippen LogP contribution < -0.4 is 9.80 Å². The molecule has 0 bridgehead atoms. The minimum absolute atomic E-state index is 0.158. The van der Waals surface area contributed by atoms with Crippen LogP contribution >= 0.6 is 0 Å². The van der Waals surface area contributed by atoms with Gasteiger partial charge in [-0.05, 0) is 139 Å². The Morgan fingerprint density at radius 2 is 0.741 bits per heavy atom. The maximum Gasteiger partial charge on any atom is 0.245 e. The quantitative estimate of drug-likeness (QED) is 0.118. The van der Waals surface area contributed by atoms with E-state index < -0.39 is 0 Å². The Labute approximate surface area is 348 Å². The molecule has 2 atom stereocenters. The lowest BCUT2D eigenvalue weighted by Crippen LogP contribution is -2.37. The first kappa shape index (κ1) is 41.1. The Morgan fingerprint density at radius 1 is 0.448 bits per heavy atom. The van der Waals surface area contributed by atoms with Crippen LogP contribution in [-0.4, -0.2) is 60.2 Å². The molecule has 0 spiro atoms. The zero-order valence-corrected chi connectivity index (χ0v) is 37.1.